The number of nitrogens with zero attached hydrogens (tertiary/aromatic N) is 2. The monoisotopic (exact) mass is 532 g/mol. The van der Waals surface area contributed by atoms with Crippen molar-refractivity contribution in [3.05, 3.63) is 35.9 Å². The van der Waals surface area contributed by atoms with Gasteiger partial charge in [0.25, 0.3) is 11.8 Å². The quantitative estimate of drug-likeness (QED) is 0.477. The zero-order chi connectivity index (χ0) is 28.0. The number of esters is 1. The highest BCUT2D eigenvalue weighted by Gasteiger charge is 2.45. The molecule has 2 heterocycles. The first kappa shape index (κ1) is 28.7. The van der Waals surface area contributed by atoms with Crippen molar-refractivity contribution in [2.75, 3.05) is 13.2 Å². The second kappa shape index (κ2) is 12.1. The van der Waals surface area contributed by atoms with Crippen LogP contribution >= 0.6 is 0 Å². The molecule has 0 aliphatic carbocycles. The number of hydrogen-bond donors (Lipinski definition) is 2. The summed E-state index contributed by atoms with van der Waals surface area (Å²) in [6.45, 7) is 3.65. The van der Waals surface area contributed by atoms with Crippen LogP contribution in [-0.2, 0) is 28.7 Å². The Labute approximate surface area is 220 Å². The first-order valence-electron chi connectivity index (χ1n) is 12.5. The molecule has 1 unspecified atom stereocenters. The van der Waals surface area contributed by atoms with Gasteiger partial charge in [0.15, 0.2) is 5.78 Å². The van der Waals surface area contributed by atoms with Crippen molar-refractivity contribution >= 4 is 35.4 Å². The van der Waals surface area contributed by atoms with Gasteiger partial charge in [0.2, 0.25) is 11.8 Å². The summed E-state index contributed by atoms with van der Waals surface area (Å²) in [6, 6.07) is 4.46. The third kappa shape index (κ3) is 7.14. The molecule has 0 radical (unpaired) electrons. The molecule has 1 aromatic rings. The van der Waals surface area contributed by atoms with Crippen LogP contribution in [0.25, 0.3) is 0 Å². The van der Waals surface area contributed by atoms with E-state index in [9.17, 15) is 33.2 Å². The number of carbonyl (C=O) groups excluding carboxylic acids is 6. The molecule has 1 aromatic carbocycles. The van der Waals surface area contributed by atoms with Crippen LogP contribution in [0.4, 0.5) is 4.39 Å². The molecule has 0 aromatic heterocycles. The molecular formula is C26H33FN4O7. The van der Waals surface area contributed by atoms with Gasteiger partial charge in [-0.15, -0.1) is 0 Å². The van der Waals surface area contributed by atoms with Gasteiger partial charge in [0.1, 0.15) is 30.4 Å². The summed E-state index contributed by atoms with van der Waals surface area (Å²) in [5.74, 6) is -4.20. The molecule has 0 saturated carbocycles. The molecule has 12 heteroatoms. The fourth-order valence-electron chi connectivity index (χ4n) is 4.39. The predicted molar refractivity (Wildman–Crippen MR) is 132 cm³/mol. The van der Waals surface area contributed by atoms with E-state index >= 15 is 0 Å². The Balaban J connectivity index is 1.80. The number of alkyl halides is 1. The van der Waals surface area contributed by atoms with E-state index < -0.39 is 72.2 Å². The lowest BCUT2D eigenvalue weighted by Crippen LogP contribution is -2.64. The smallest absolute Gasteiger partial charge is 0.308 e. The van der Waals surface area contributed by atoms with E-state index in [1.165, 1.54) is 5.01 Å². The van der Waals surface area contributed by atoms with Crippen molar-refractivity contribution in [3.63, 3.8) is 0 Å². The van der Waals surface area contributed by atoms with Crippen LogP contribution < -0.4 is 10.6 Å². The summed E-state index contributed by atoms with van der Waals surface area (Å²) in [4.78, 5) is 76.9. The maximum absolute atomic E-state index is 13.6. The third-order valence-electron chi connectivity index (χ3n) is 6.13. The topological polar surface area (TPSA) is 142 Å². The fraction of sp³-hybridized carbons (Fsp3) is 0.538. The molecule has 2 fully saturated rings. The number of benzene rings is 1. The van der Waals surface area contributed by atoms with E-state index in [-0.39, 0.29) is 25.8 Å². The van der Waals surface area contributed by atoms with E-state index in [1.54, 1.807) is 51.1 Å². The number of hydrogen-bond acceptors (Lipinski definition) is 7. The molecule has 3 atom stereocenters. The summed E-state index contributed by atoms with van der Waals surface area (Å²) in [5.41, 5.74) is -0.526. The summed E-state index contributed by atoms with van der Waals surface area (Å²) in [5, 5.41) is 7.23. The normalized spacial score (nSPS) is 20.6. The maximum Gasteiger partial charge on any atom is 0.308 e. The van der Waals surface area contributed by atoms with E-state index in [1.807, 2.05) is 0 Å². The van der Waals surface area contributed by atoms with Gasteiger partial charge in [-0.3, -0.25) is 33.8 Å². The van der Waals surface area contributed by atoms with Crippen LogP contribution in [0.15, 0.2) is 30.3 Å². The van der Waals surface area contributed by atoms with Gasteiger partial charge in [-0.1, -0.05) is 18.2 Å². The van der Waals surface area contributed by atoms with Crippen LogP contribution in [0.5, 0.6) is 0 Å². The number of rotatable bonds is 8. The number of carbonyl (C=O) groups is 6. The number of amides is 4. The number of ketones is 1. The van der Waals surface area contributed by atoms with Crippen LogP contribution in [0.2, 0.25) is 0 Å². The Kier molecular flexibility index (Phi) is 9.18. The molecule has 2 aliphatic rings. The molecule has 2 N–H and O–H groups in total. The van der Waals surface area contributed by atoms with Crippen molar-refractivity contribution in [2.45, 2.75) is 76.6 Å². The SMILES string of the molecule is CC(C)(C)OC(=O)CC(NC(=O)[C@@H]1CCCN2C(=O)CC[C@H](NC(=O)c3ccccc3)C(=O)N12)C(=O)CF. The molecular weight excluding hydrogens is 499 g/mol. The lowest BCUT2D eigenvalue weighted by molar-refractivity contribution is -0.176. The van der Waals surface area contributed by atoms with Crippen LogP contribution in [0.1, 0.15) is 63.2 Å². The van der Waals surface area contributed by atoms with Gasteiger partial charge < -0.3 is 15.4 Å². The van der Waals surface area contributed by atoms with Crippen molar-refractivity contribution in [1.82, 2.24) is 20.7 Å². The zero-order valence-corrected chi connectivity index (χ0v) is 21.7. The standard InChI is InChI=1S/C26H33FN4O7/c1-26(2,3)38-22(34)14-18(20(32)15-27)29-24(36)19-10-7-13-30-21(33)12-11-17(25(37)31(19)30)28-23(35)16-8-5-4-6-9-16/h4-6,8-9,17-19H,7,10-15H2,1-3H3,(H,28,35)(H,29,36)/t17-,18?,19-/m0/s1. The number of fused-ring (bicyclic) bond motifs is 1. The van der Waals surface area contributed by atoms with Gasteiger partial charge in [0, 0.05) is 18.5 Å². The highest BCUT2D eigenvalue weighted by atomic mass is 19.1. The summed E-state index contributed by atoms with van der Waals surface area (Å²) >= 11 is 0. The summed E-state index contributed by atoms with van der Waals surface area (Å²) in [7, 11) is 0. The summed E-state index contributed by atoms with van der Waals surface area (Å²) in [6.07, 6.45) is -0.0337. The Morgan fingerprint density at radius 3 is 2.42 bits per heavy atom. The molecule has 3 rings (SSSR count). The molecule has 0 spiro atoms. The molecule has 2 aliphatic heterocycles. The average molecular weight is 533 g/mol. The highest BCUT2D eigenvalue weighted by Crippen LogP contribution is 2.25. The van der Waals surface area contributed by atoms with E-state index in [4.69, 9.17) is 4.74 Å². The van der Waals surface area contributed by atoms with Crippen LogP contribution in [0, 0.1) is 0 Å². The minimum atomic E-state index is -1.51. The third-order valence-corrected chi connectivity index (χ3v) is 6.13. The Hall–Kier alpha value is -3.83. The van der Waals surface area contributed by atoms with E-state index in [0.29, 0.717) is 12.0 Å². The predicted octanol–water partition coefficient (Wildman–Crippen LogP) is 1.07. The fourth-order valence-corrected chi connectivity index (χ4v) is 4.39. The number of hydrazine groups is 1. The van der Waals surface area contributed by atoms with E-state index in [0.717, 1.165) is 5.01 Å². The second-order valence-corrected chi connectivity index (χ2v) is 10.2. The first-order valence-corrected chi connectivity index (χ1v) is 12.5. The van der Waals surface area contributed by atoms with Crippen molar-refractivity contribution in [1.29, 1.82) is 0 Å². The van der Waals surface area contributed by atoms with Crippen molar-refractivity contribution in [3.8, 4) is 0 Å². The molecule has 206 valence electrons. The largest absolute Gasteiger partial charge is 0.460 e. The molecule has 0 bridgehead atoms. The summed E-state index contributed by atoms with van der Waals surface area (Å²) < 4.78 is 18.4. The molecule has 38 heavy (non-hydrogen) atoms. The molecule has 11 nitrogen and oxygen atoms in total. The minimum Gasteiger partial charge on any atom is -0.460 e. The minimum absolute atomic E-state index is 0.0298. The number of Topliss-reactive ketones (excluding diaryl/α,β-unsaturated/α-hetero) is 1. The first-order chi connectivity index (χ1) is 17.9. The average Bonchev–Trinajstić information content (AvgIpc) is 2.99. The van der Waals surface area contributed by atoms with Gasteiger partial charge in [-0.2, -0.15) is 0 Å². The number of ether oxygens (including phenoxy) is 1. The van der Waals surface area contributed by atoms with Crippen LogP contribution in [0.3, 0.4) is 0 Å². The lowest BCUT2D eigenvalue weighted by Gasteiger charge is -2.43. The van der Waals surface area contributed by atoms with Gasteiger partial charge in [-0.05, 0) is 52.2 Å². The Morgan fingerprint density at radius 2 is 1.79 bits per heavy atom. The zero-order valence-electron chi connectivity index (χ0n) is 21.7. The maximum atomic E-state index is 13.6. The van der Waals surface area contributed by atoms with Gasteiger partial charge >= 0.3 is 5.97 Å². The highest BCUT2D eigenvalue weighted by molar-refractivity contribution is 6.00. The number of halogens is 1. The van der Waals surface area contributed by atoms with Crippen molar-refractivity contribution < 1.29 is 37.9 Å². The Bertz CT molecular complexity index is 1090. The van der Waals surface area contributed by atoms with Gasteiger partial charge in [0.05, 0.1) is 6.42 Å². The van der Waals surface area contributed by atoms with E-state index in [2.05, 4.69) is 10.6 Å². The number of nitrogens with one attached hydrogen (secondary N) is 2. The van der Waals surface area contributed by atoms with Crippen LogP contribution in [-0.4, -0.2) is 82.3 Å². The van der Waals surface area contributed by atoms with Crippen molar-refractivity contribution in [2.24, 2.45) is 0 Å². The second-order valence-electron chi connectivity index (χ2n) is 10.2. The molecule has 2 saturated heterocycles. The molecule has 4 amide bonds. The van der Waals surface area contributed by atoms with Gasteiger partial charge in [-0.25, -0.2) is 9.40 Å². The Morgan fingerprint density at radius 1 is 1.11 bits per heavy atom. The lowest BCUT2D eigenvalue weighted by atomic mass is 10.0.